The predicted molar refractivity (Wildman–Crippen MR) is 85.8 cm³/mol. The van der Waals surface area contributed by atoms with Crippen LogP contribution in [0.25, 0.3) is 0 Å². The number of aromatic nitrogens is 1. The Kier molecular flexibility index (Phi) is 4.61. The van der Waals surface area contributed by atoms with Crippen molar-refractivity contribution >= 4 is 23.5 Å². The van der Waals surface area contributed by atoms with Crippen molar-refractivity contribution in [2.75, 3.05) is 11.4 Å². The van der Waals surface area contributed by atoms with Crippen LogP contribution < -0.4 is 10.2 Å². The van der Waals surface area contributed by atoms with Crippen LogP contribution in [0.3, 0.4) is 0 Å². The molecule has 1 atom stereocenters. The van der Waals surface area contributed by atoms with Crippen molar-refractivity contribution in [3.63, 3.8) is 0 Å². The number of anilines is 1. The summed E-state index contributed by atoms with van der Waals surface area (Å²) in [5.41, 5.74) is -0.597. The maximum absolute atomic E-state index is 13.9. The molecule has 1 aromatic carbocycles. The highest BCUT2D eigenvalue weighted by molar-refractivity contribution is 6.04. The lowest BCUT2D eigenvalue weighted by molar-refractivity contribution is -0.118. The van der Waals surface area contributed by atoms with Crippen molar-refractivity contribution in [1.29, 1.82) is 0 Å². The number of carboxylic acid groups (broad SMARTS) is 1. The molecule has 134 valence electrons. The van der Waals surface area contributed by atoms with Gasteiger partial charge in [0.25, 0.3) is 5.91 Å². The molecule has 2 aromatic rings. The van der Waals surface area contributed by atoms with Crippen LogP contribution in [-0.2, 0) is 4.79 Å². The van der Waals surface area contributed by atoms with Crippen molar-refractivity contribution in [3.05, 3.63) is 59.4 Å². The summed E-state index contributed by atoms with van der Waals surface area (Å²) in [6, 6.07) is 4.77. The quantitative estimate of drug-likeness (QED) is 0.862. The van der Waals surface area contributed by atoms with E-state index in [0.29, 0.717) is 0 Å². The molecule has 0 radical (unpaired) electrons. The van der Waals surface area contributed by atoms with Gasteiger partial charge in [-0.05, 0) is 30.7 Å². The van der Waals surface area contributed by atoms with E-state index in [9.17, 15) is 23.2 Å². The topological polar surface area (TPSA) is 99.6 Å². The first-order valence-corrected chi connectivity index (χ1v) is 7.64. The van der Waals surface area contributed by atoms with Gasteiger partial charge < -0.3 is 15.3 Å². The SMILES string of the molecule is O=C(N[C@@H]1CCN(c2c(F)cccc2F)C1=O)c1ccc(C(=O)O)nc1. The van der Waals surface area contributed by atoms with E-state index >= 15 is 0 Å². The summed E-state index contributed by atoms with van der Waals surface area (Å²) in [7, 11) is 0. The van der Waals surface area contributed by atoms with Crippen LogP contribution in [0.5, 0.6) is 0 Å². The lowest BCUT2D eigenvalue weighted by Gasteiger charge is -2.18. The maximum atomic E-state index is 13.9. The van der Waals surface area contributed by atoms with Gasteiger partial charge in [-0.1, -0.05) is 6.07 Å². The van der Waals surface area contributed by atoms with E-state index in [1.54, 1.807) is 0 Å². The molecule has 0 unspecified atom stereocenters. The number of hydrogen-bond donors (Lipinski definition) is 2. The van der Waals surface area contributed by atoms with Gasteiger partial charge in [0, 0.05) is 12.7 Å². The van der Waals surface area contributed by atoms with Crippen LogP contribution in [0.2, 0.25) is 0 Å². The van der Waals surface area contributed by atoms with Crippen molar-refractivity contribution < 1.29 is 28.3 Å². The number of aromatic carboxylic acids is 1. The van der Waals surface area contributed by atoms with Crippen molar-refractivity contribution in [3.8, 4) is 0 Å². The fourth-order valence-corrected chi connectivity index (χ4v) is 2.68. The minimum absolute atomic E-state index is 0.0534. The molecule has 3 rings (SSSR count). The van der Waals surface area contributed by atoms with E-state index < -0.39 is 41.1 Å². The third kappa shape index (κ3) is 3.23. The minimum Gasteiger partial charge on any atom is -0.477 e. The summed E-state index contributed by atoms with van der Waals surface area (Å²) in [6.07, 6.45) is 1.26. The molecule has 0 saturated carbocycles. The average molecular weight is 361 g/mol. The maximum Gasteiger partial charge on any atom is 0.354 e. The fraction of sp³-hybridized carbons (Fsp3) is 0.176. The Morgan fingerprint density at radius 3 is 2.46 bits per heavy atom. The zero-order valence-corrected chi connectivity index (χ0v) is 13.3. The molecule has 1 saturated heterocycles. The molecular formula is C17H13F2N3O4. The van der Waals surface area contributed by atoms with Crippen molar-refractivity contribution in [2.45, 2.75) is 12.5 Å². The summed E-state index contributed by atoms with van der Waals surface area (Å²) < 4.78 is 27.7. The molecule has 7 nitrogen and oxygen atoms in total. The Balaban J connectivity index is 1.72. The third-order valence-electron chi connectivity index (χ3n) is 3.96. The Hall–Kier alpha value is -3.36. The summed E-state index contributed by atoms with van der Waals surface area (Å²) in [4.78, 5) is 39.9. The molecule has 26 heavy (non-hydrogen) atoms. The fourth-order valence-electron chi connectivity index (χ4n) is 2.68. The molecule has 1 aliphatic rings. The Labute approximate surface area is 146 Å². The molecule has 9 heteroatoms. The number of amides is 2. The van der Waals surface area contributed by atoms with Gasteiger partial charge in [0.15, 0.2) is 0 Å². The number of nitrogens with zero attached hydrogens (tertiary/aromatic N) is 2. The van der Waals surface area contributed by atoms with Gasteiger partial charge in [-0.25, -0.2) is 18.6 Å². The van der Waals surface area contributed by atoms with Crippen LogP contribution in [0, 0.1) is 11.6 Å². The molecule has 2 heterocycles. The van der Waals surface area contributed by atoms with Gasteiger partial charge >= 0.3 is 5.97 Å². The zero-order chi connectivity index (χ0) is 18.8. The summed E-state index contributed by atoms with van der Waals surface area (Å²) in [5.74, 6) is -4.22. The Morgan fingerprint density at radius 2 is 1.88 bits per heavy atom. The van der Waals surface area contributed by atoms with Gasteiger partial charge in [0.1, 0.15) is 29.1 Å². The number of carbonyl (C=O) groups is 3. The van der Waals surface area contributed by atoms with E-state index in [1.807, 2.05) is 0 Å². The smallest absolute Gasteiger partial charge is 0.354 e. The van der Waals surface area contributed by atoms with E-state index in [2.05, 4.69) is 10.3 Å². The number of carboxylic acids is 1. The highest BCUT2D eigenvalue weighted by Gasteiger charge is 2.36. The van der Waals surface area contributed by atoms with Crippen LogP contribution in [0.1, 0.15) is 27.3 Å². The monoisotopic (exact) mass is 361 g/mol. The predicted octanol–water partition coefficient (Wildman–Crippen LogP) is 1.59. The van der Waals surface area contributed by atoms with Crippen LogP contribution in [-0.4, -0.2) is 40.5 Å². The van der Waals surface area contributed by atoms with Gasteiger partial charge in [-0.2, -0.15) is 0 Å². The normalized spacial score (nSPS) is 16.6. The first-order chi connectivity index (χ1) is 12.4. The van der Waals surface area contributed by atoms with Gasteiger partial charge in [0.05, 0.1) is 5.56 Å². The second-order valence-electron chi connectivity index (χ2n) is 5.61. The number of nitrogens with one attached hydrogen (secondary N) is 1. The van der Waals surface area contributed by atoms with E-state index in [0.717, 1.165) is 29.3 Å². The average Bonchev–Trinajstić information content (AvgIpc) is 2.95. The number of benzene rings is 1. The molecule has 0 aliphatic carbocycles. The lowest BCUT2D eigenvalue weighted by Crippen LogP contribution is -2.42. The highest BCUT2D eigenvalue weighted by Crippen LogP contribution is 2.27. The molecule has 0 spiro atoms. The summed E-state index contributed by atoms with van der Waals surface area (Å²) in [6.45, 7) is 0.0534. The largest absolute Gasteiger partial charge is 0.477 e. The number of carbonyl (C=O) groups excluding carboxylic acids is 2. The molecule has 1 aliphatic heterocycles. The number of pyridine rings is 1. The summed E-state index contributed by atoms with van der Waals surface area (Å²) in [5, 5.41) is 11.3. The second-order valence-corrected chi connectivity index (χ2v) is 5.61. The van der Waals surface area contributed by atoms with Crippen LogP contribution in [0.15, 0.2) is 36.5 Å². The van der Waals surface area contributed by atoms with E-state index in [-0.39, 0.29) is 24.2 Å². The number of halogens is 2. The van der Waals surface area contributed by atoms with Gasteiger partial charge in [0.2, 0.25) is 5.91 Å². The van der Waals surface area contributed by atoms with E-state index in [4.69, 9.17) is 5.11 Å². The molecule has 0 bridgehead atoms. The van der Waals surface area contributed by atoms with E-state index in [1.165, 1.54) is 12.1 Å². The molecule has 2 amide bonds. The van der Waals surface area contributed by atoms with Crippen LogP contribution in [0.4, 0.5) is 14.5 Å². The Bertz CT molecular complexity index is 866. The van der Waals surface area contributed by atoms with Gasteiger partial charge in [-0.15, -0.1) is 0 Å². The van der Waals surface area contributed by atoms with Crippen molar-refractivity contribution in [2.24, 2.45) is 0 Å². The standard InChI is InChI=1S/C17H13F2N3O4/c18-10-2-1-3-11(19)14(10)22-7-6-12(16(22)24)21-15(23)9-4-5-13(17(25)26)20-8-9/h1-5,8,12H,6-7H2,(H,21,23)(H,25,26)/t12-/m1/s1. The number of hydrogen-bond acceptors (Lipinski definition) is 4. The second kappa shape index (κ2) is 6.87. The number of para-hydroxylation sites is 1. The van der Waals surface area contributed by atoms with Crippen molar-refractivity contribution in [1.82, 2.24) is 10.3 Å². The Morgan fingerprint density at radius 1 is 1.19 bits per heavy atom. The lowest BCUT2D eigenvalue weighted by atomic mass is 10.2. The zero-order valence-electron chi connectivity index (χ0n) is 13.3. The third-order valence-corrected chi connectivity index (χ3v) is 3.96. The van der Waals surface area contributed by atoms with Gasteiger partial charge in [-0.3, -0.25) is 9.59 Å². The first kappa shape index (κ1) is 17.5. The molecule has 1 aromatic heterocycles. The molecular weight excluding hydrogens is 348 g/mol. The highest BCUT2D eigenvalue weighted by atomic mass is 19.1. The molecule has 2 N–H and O–H groups in total. The molecule has 1 fully saturated rings. The first-order valence-electron chi connectivity index (χ1n) is 7.64. The summed E-state index contributed by atoms with van der Waals surface area (Å²) >= 11 is 0. The number of rotatable bonds is 4. The van der Waals surface area contributed by atoms with Crippen LogP contribution >= 0.6 is 0 Å². The minimum atomic E-state index is -1.23.